The molecule has 5 rings (SSSR count). The highest BCUT2D eigenvalue weighted by atomic mass is 19.1. The smallest absolute Gasteiger partial charge is 0.201 e. The second kappa shape index (κ2) is 7.64. The number of nitrogen functional groups attached to an aromatic ring is 1. The maximum atomic E-state index is 14.0. The fourth-order valence-electron chi connectivity index (χ4n) is 3.67. The van der Waals surface area contributed by atoms with Gasteiger partial charge in [-0.1, -0.05) is 31.7 Å². The predicted molar refractivity (Wildman–Crippen MR) is 118 cm³/mol. The van der Waals surface area contributed by atoms with Crippen LogP contribution in [-0.4, -0.2) is 19.5 Å². The molecule has 2 N–H and O–H groups in total. The van der Waals surface area contributed by atoms with Crippen LogP contribution in [0.3, 0.4) is 0 Å². The van der Waals surface area contributed by atoms with Crippen molar-refractivity contribution in [1.82, 2.24) is 19.5 Å². The van der Waals surface area contributed by atoms with Crippen LogP contribution in [0.25, 0.3) is 33.3 Å². The molecule has 2 aromatic carbocycles. The lowest BCUT2D eigenvalue weighted by Gasteiger charge is -2.12. The third-order valence-electron chi connectivity index (χ3n) is 5.06. The third kappa shape index (κ3) is 3.31. The zero-order valence-electron chi connectivity index (χ0n) is 16.0. The van der Waals surface area contributed by atoms with Crippen molar-refractivity contribution in [3.63, 3.8) is 0 Å². The number of nitrogens with two attached hydrogens (primary N) is 1. The van der Waals surface area contributed by atoms with E-state index in [0.29, 0.717) is 39.0 Å². The van der Waals surface area contributed by atoms with E-state index < -0.39 is 5.82 Å². The van der Waals surface area contributed by atoms with Crippen molar-refractivity contribution >= 4 is 28.0 Å². The molecule has 0 aliphatic heterocycles. The number of imidazole rings is 1. The number of aryl methyl sites for hydroxylation is 1. The molecule has 0 aliphatic rings. The number of fused-ring (bicyclic) bond motifs is 2. The Balaban J connectivity index is 0.00000231. The standard InChI is InChI=1S/C22H16FN5O2.CH4/c1-12-4-2-7-15-17(12)20(29)18(13-5-3-6-14(23)8-13)16(30-15)9-28-11-27-19-21(24)25-10-26-22(19)28;/h2-8,10-11H,9H2,1H3,(H2,24,25,26);1H4. The van der Waals surface area contributed by atoms with Crippen LogP contribution in [0.4, 0.5) is 10.2 Å². The van der Waals surface area contributed by atoms with E-state index in [-0.39, 0.29) is 25.2 Å². The van der Waals surface area contributed by atoms with Gasteiger partial charge >= 0.3 is 0 Å². The molecule has 0 atom stereocenters. The molecule has 3 aromatic heterocycles. The maximum Gasteiger partial charge on any atom is 0.201 e. The van der Waals surface area contributed by atoms with Crippen molar-refractivity contribution < 1.29 is 8.81 Å². The Morgan fingerprint density at radius 2 is 1.94 bits per heavy atom. The average molecular weight is 417 g/mol. The molecule has 0 fully saturated rings. The van der Waals surface area contributed by atoms with Gasteiger partial charge in [-0.05, 0) is 36.2 Å². The Hall–Kier alpha value is -4.07. The van der Waals surface area contributed by atoms with Gasteiger partial charge in [-0.15, -0.1) is 0 Å². The minimum absolute atomic E-state index is 0. The van der Waals surface area contributed by atoms with Crippen LogP contribution in [0.15, 0.2) is 64.3 Å². The van der Waals surface area contributed by atoms with Crippen LogP contribution in [-0.2, 0) is 6.54 Å². The van der Waals surface area contributed by atoms with Crippen LogP contribution in [0.5, 0.6) is 0 Å². The van der Waals surface area contributed by atoms with Crippen molar-refractivity contribution in [2.75, 3.05) is 5.73 Å². The highest BCUT2D eigenvalue weighted by molar-refractivity contribution is 5.86. The maximum absolute atomic E-state index is 14.0. The molecular formula is C23H20FN5O2. The molecule has 0 saturated heterocycles. The third-order valence-corrected chi connectivity index (χ3v) is 5.06. The van der Waals surface area contributed by atoms with Gasteiger partial charge in [-0.3, -0.25) is 4.79 Å². The van der Waals surface area contributed by atoms with Crippen molar-refractivity contribution in [2.45, 2.75) is 20.9 Å². The van der Waals surface area contributed by atoms with E-state index >= 15 is 0 Å². The van der Waals surface area contributed by atoms with Gasteiger partial charge in [0.15, 0.2) is 11.5 Å². The van der Waals surface area contributed by atoms with E-state index in [1.165, 1.54) is 18.5 Å². The molecule has 0 radical (unpaired) electrons. The van der Waals surface area contributed by atoms with Gasteiger partial charge in [0.05, 0.1) is 23.8 Å². The summed E-state index contributed by atoms with van der Waals surface area (Å²) in [4.78, 5) is 25.9. The monoisotopic (exact) mass is 417 g/mol. The highest BCUT2D eigenvalue weighted by Gasteiger charge is 2.19. The summed E-state index contributed by atoms with van der Waals surface area (Å²) in [5.74, 6) is 0.205. The summed E-state index contributed by atoms with van der Waals surface area (Å²) < 4.78 is 21.8. The molecule has 0 unspecified atom stereocenters. The Morgan fingerprint density at radius 3 is 2.74 bits per heavy atom. The molecule has 0 saturated carbocycles. The minimum atomic E-state index is -0.434. The Morgan fingerprint density at radius 1 is 1.13 bits per heavy atom. The zero-order valence-corrected chi connectivity index (χ0v) is 16.0. The quantitative estimate of drug-likeness (QED) is 0.469. The van der Waals surface area contributed by atoms with E-state index in [0.717, 1.165) is 5.56 Å². The van der Waals surface area contributed by atoms with Crippen LogP contribution >= 0.6 is 0 Å². The molecule has 0 amide bonds. The van der Waals surface area contributed by atoms with E-state index in [9.17, 15) is 9.18 Å². The molecular weight excluding hydrogens is 397 g/mol. The molecule has 31 heavy (non-hydrogen) atoms. The van der Waals surface area contributed by atoms with Gasteiger partial charge in [0.2, 0.25) is 5.43 Å². The molecule has 7 nitrogen and oxygen atoms in total. The fourth-order valence-corrected chi connectivity index (χ4v) is 3.67. The number of hydrogen-bond donors (Lipinski definition) is 1. The first-order chi connectivity index (χ1) is 14.5. The van der Waals surface area contributed by atoms with E-state index in [1.807, 2.05) is 19.1 Å². The summed E-state index contributed by atoms with van der Waals surface area (Å²) in [6, 6.07) is 11.3. The van der Waals surface area contributed by atoms with Crippen molar-refractivity contribution in [3.8, 4) is 11.1 Å². The largest absolute Gasteiger partial charge is 0.458 e. The van der Waals surface area contributed by atoms with E-state index in [2.05, 4.69) is 15.0 Å². The first-order valence-corrected chi connectivity index (χ1v) is 9.25. The Bertz CT molecular complexity index is 1490. The number of halogens is 1. The number of nitrogens with zero attached hydrogens (tertiary/aromatic N) is 4. The van der Waals surface area contributed by atoms with Crippen molar-refractivity contribution in [2.24, 2.45) is 0 Å². The predicted octanol–water partition coefficient (Wildman–Crippen LogP) is 4.31. The normalized spacial score (nSPS) is 11.0. The van der Waals surface area contributed by atoms with Crippen molar-refractivity contribution in [1.29, 1.82) is 0 Å². The van der Waals surface area contributed by atoms with Gasteiger partial charge in [-0.2, -0.15) is 0 Å². The fraction of sp³-hybridized carbons (Fsp3) is 0.130. The van der Waals surface area contributed by atoms with Gasteiger partial charge in [-0.25, -0.2) is 19.3 Å². The minimum Gasteiger partial charge on any atom is -0.458 e. The first-order valence-electron chi connectivity index (χ1n) is 9.25. The van der Waals surface area contributed by atoms with Crippen LogP contribution in [0.1, 0.15) is 18.8 Å². The van der Waals surface area contributed by atoms with Gasteiger partial charge in [0.25, 0.3) is 0 Å². The summed E-state index contributed by atoms with van der Waals surface area (Å²) in [7, 11) is 0. The van der Waals surface area contributed by atoms with Crippen LogP contribution < -0.4 is 11.2 Å². The molecule has 0 bridgehead atoms. The molecule has 0 aliphatic carbocycles. The second-order valence-corrected chi connectivity index (χ2v) is 6.99. The first kappa shape index (κ1) is 20.2. The summed E-state index contributed by atoms with van der Waals surface area (Å²) >= 11 is 0. The van der Waals surface area contributed by atoms with Crippen LogP contribution in [0.2, 0.25) is 0 Å². The lowest BCUT2D eigenvalue weighted by molar-refractivity contribution is 0.521. The Kier molecular flexibility index (Phi) is 4.98. The van der Waals surface area contributed by atoms with Gasteiger partial charge in [0.1, 0.15) is 29.0 Å². The summed E-state index contributed by atoms with van der Waals surface area (Å²) in [6.07, 6.45) is 2.91. The Labute approximate surface area is 177 Å². The van der Waals surface area contributed by atoms with Crippen LogP contribution in [0, 0.1) is 12.7 Å². The number of benzene rings is 2. The summed E-state index contributed by atoms with van der Waals surface area (Å²) in [5.41, 5.74) is 8.64. The highest BCUT2D eigenvalue weighted by Crippen LogP contribution is 2.28. The molecule has 8 heteroatoms. The van der Waals surface area contributed by atoms with E-state index in [4.69, 9.17) is 10.2 Å². The molecule has 156 valence electrons. The molecule has 3 heterocycles. The number of hydrogen-bond acceptors (Lipinski definition) is 6. The second-order valence-electron chi connectivity index (χ2n) is 6.99. The lowest BCUT2D eigenvalue weighted by atomic mass is 10.00. The van der Waals surface area contributed by atoms with Crippen molar-refractivity contribution in [3.05, 3.63) is 82.5 Å². The number of rotatable bonds is 3. The summed E-state index contributed by atoms with van der Waals surface area (Å²) in [6.45, 7) is 2.01. The topological polar surface area (TPSA) is 99.8 Å². The number of anilines is 1. The lowest BCUT2D eigenvalue weighted by Crippen LogP contribution is -2.13. The summed E-state index contributed by atoms with van der Waals surface area (Å²) in [5, 5.41) is 0.475. The van der Waals surface area contributed by atoms with Gasteiger partial charge in [0, 0.05) is 0 Å². The number of aromatic nitrogens is 4. The molecule has 0 spiro atoms. The SMILES string of the molecule is C.Cc1cccc2oc(Cn3cnc4c(N)ncnc43)c(-c3cccc(F)c3)c(=O)c12. The van der Waals surface area contributed by atoms with Gasteiger partial charge < -0.3 is 14.7 Å². The zero-order chi connectivity index (χ0) is 20.8. The molecule has 5 aromatic rings. The average Bonchev–Trinajstić information content (AvgIpc) is 3.12. The van der Waals surface area contributed by atoms with E-state index in [1.54, 1.807) is 29.1 Å².